The quantitative estimate of drug-likeness (QED) is 0.202. The lowest BCUT2D eigenvalue weighted by Crippen LogP contribution is -2.43. The topological polar surface area (TPSA) is 58.5 Å². The van der Waals surface area contributed by atoms with Gasteiger partial charge in [0.25, 0.3) is 0 Å². The molecule has 0 radical (unpaired) electrons. The highest BCUT2D eigenvalue weighted by Crippen LogP contribution is 2.33. The van der Waals surface area contributed by atoms with Gasteiger partial charge in [0, 0.05) is 28.3 Å². The number of benzene rings is 2. The molecule has 4 atom stereocenters. The van der Waals surface area contributed by atoms with Gasteiger partial charge in [0.2, 0.25) is 0 Å². The maximum atomic E-state index is 15.0. The van der Waals surface area contributed by atoms with E-state index in [1.807, 2.05) is 19.0 Å². The van der Waals surface area contributed by atoms with E-state index in [-0.39, 0.29) is 18.3 Å². The van der Waals surface area contributed by atoms with Crippen molar-refractivity contribution in [2.75, 3.05) is 44.6 Å². The van der Waals surface area contributed by atoms with Crippen molar-refractivity contribution in [3.8, 4) is 17.6 Å². The van der Waals surface area contributed by atoms with E-state index in [2.05, 4.69) is 28.3 Å². The Balaban J connectivity index is 1.59. The van der Waals surface area contributed by atoms with Crippen LogP contribution in [0.5, 0.6) is 5.75 Å². The fourth-order valence-corrected chi connectivity index (χ4v) is 5.86. The zero-order chi connectivity index (χ0) is 29.9. The van der Waals surface area contributed by atoms with Crippen molar-refractivity contribution in [3.63, 3.8) is 0 Å². The number of halogens is 4. The van der Waals surface area contributed by atoms with Gasteiger partial charge < -0.3 is 24.8 Å². The molecule has 0 spiro atoms. The molecule has 222 valence electrons. The van der Waals surface area contributed by atoms with E-state index in [9.17, 15) is 17.4 Å². The van der Waals surface area contributed by atoms with E-state index in [1.54, 1.807) is 42.5 Å². The number of nitrogens with zero attached hydrogens (tertiary/aromatic N) is 2. The number of rotatable bonds is 8. The second-order valence-corrected chi connectivity index (χ2v) is 13.2. The van der Waals surface area contributed by atoms with E-state index >= 15 is 4.39 Å². The predicted octanol–water partition coefficient (Wildman–Crippen LogP) is 5.61. The smallest absolute Gasteiger partial charge is 0.406 e. The fourth-order valence-electron chi connectivity index (χ4n) is 5.15. The summed E-state index contributed by atoms with van der Waals surface area (Å²) < 4.78 is 74.5. The Morgan fingerprint density at radius 2 is 1.93 bits per heavy atom. The summed E-state index contributed by atoms with van der Waals surface area (Å²) in [5.41, 5.74) is 1.76. The third kappa shape index (κ3) is 7.49. The SMILES string of the molecule is C=S(C)(=O)c1ccc(NCC#Cc2cc3c(N[C@@H]4CCC(N(C)C)C[C@H]4F)cccc3n2CC(F)(F)F)c(OC)c1. The van der Waals surface area contributed by atoms with Crippen molar-refractivity contribution < 1.29 is 26.5 Å². The fraction of sp³-hybridized carbons (Fsp3) is 0.433. The first kappa shape index (κ1) is 30.6. The van der Waals surface area contributed by atoms with Crippen LogP contribution in [-0.4, -0.2) is 78.0 Å². The largest absolute Gasteiger partial charge is 0.495 e. The second kappa shape index (κ2) is 12.2. The summed E-state index contributed by atoms with van der Waals surface area (Å²) in [4.78, 5) is 2.56. The molecule has 0 saturated heterocycles. The third-order valence-corrected chi connectivity index (χ3v) is 8.61. The number of hydrogen-bond acceptors (Lipinski definition) is 5. The van der Waals surface area contributed by atoms with Crippen molar-refractivity contribution in [3.05, 3.63) is 48.2 Å². The Labute approximate surface area is 239 Å². The molecule has 3 aromatic rings. The Morgan fingerprint density at radius 3 is 2.56 bits per heavy atom. The lowest BCUT2D eigenvalue weighted by molar-refractivity contribution is -0.140. The molecule has 0 bridgehead atoms. The number of ether oxygens (including phenoxy) is 1. The number of methoxy groups -OCH3 is 1. The van der Waals surface area contributed by atoms with Crippen LogP contribution in [-0.2, 0) is 16.1 Å². The van der Waals surface area contributed by atoms with Gasteiger partial charge in [0.05, 0.1) is 36.6 Å². The first-order valence-electron chi connectivity index (χ1n) is 13.3. The van der Waals surface area contributed by atoms with E-state index in [0.717, 1.165) is 11.0 Å². The standard InChI is InChI=1S/C30H36F4N4O2S/c1-37(2)20-11-13-26(24(31)17-20)36-25-9-6-10-28-23(25)16-21(38(28)19-30(32,33)34)8-7-15-35-27-14-12-22(41(4,5)39)18-29(27)40-3/h6,9-10,12,14,16,18,20,24,26,35-36H,4,11,13,15,17,19H2,1-3,5H3/t20?,24-,26-,41?/m1/s1. The van der Waals surface area contributed by atoms with Crippen LogP contribution in [0.15, 0.2) is 47.4 Å². The lowest BCUT2D eigenvalue weighted by Gasteiger charge is -2.36. The summed E-state index contributed by atoms with van der Waals surface area (Å²) in [7, 11) is 2.93. The van der Waals surface area contributed by atoms with E-state index in [1.165, 1.54) is 13.4 Å². The molecule has 0 aliphatic heterocycles. The molecule has 0 amide bonds. The molecule has 1 heterocycles. The van der Waals surface area contributed by atoms with E-state index < -0.39 is 34.5 Å². The number of alkyl halides is 4. The van der Waals surface area contributed by atoms with Crippen molar-refractivity contribution in [2.45, 2.75) is 55.1 Å². The third-order valence-electron chi connectivity index (χ3n) is 7.35. The number of anilines is 2. The zero-order valence-corrected chi connectivity index (χ0v) is 24.5. The van der Waals surface area contributed by atoms with Gasteiger partial charge in [-0.1, -0.05) is 12.0 Å². The first-order valence-corrected chi connectivity index (χ1v) is 15.4. The summed E-state index contributed by atoms with van der Waals surface area (Å²) >= 11 is 0. The molecule has 2 aromatic carbocycles. The van der Waals surface area contributed by atoms with Crippen LogP contribution in [0.25, 0.3) is 10.9 Å². The molecule has 1 saturated carbocycles. The maximum absolute atomic E-state index is 15.0. The van der Waals surface area contributed by atoms with Crippen molar-refractivity contribution >= 4 is 37.7 Å². The molecule has 4 rings (SSSR count). The number of fused-ring (bicyclic) bond motifs is 1. The molecule has 11 heteroatoms. The molecule has 1 aromatic heterocycles. The number of hydrogen-bond donors (Lipinski definition) is 2. The van der Waals surface area contributed by atoms with Crippen LogP contribution < -0.4 is 15.4 Å². The maximum Gasteiger partial charge on any atom is 0.406 e. The zero-order valence-electron chi connectivity index (χ0n) is 23.6. The minimum atomic E-state index is -4.46. The molecular formula is C30H36F4N4O2S. The van der Waals surface area contributed by atoms with Gasteiger partial charge in [-0.3, -0.25) is 4.21 Å². The predicted molar refractivity (Wildman–Crippen MR) is 159 cm³/mol. The minimum absolute atomic E-state index is 0.124. The molecule has 2 N–H and O–H groups in total. The Morgan fingerprint density at radius 1 is 1.17 bits per heavy atom. The molecule has 1 aliphatic rings. The second-order valence-electron chi connectivity index (χ2n) is 10.7. The summed E-state index contributed by atoms with van der Waals surface area (Å²) in [6, 6.07) is 11.4. The van der Waals surface area contributed by atoms with E-state index in [0.29, 0.717) is 45.8 Å². The minimum Gasteiger partial charge on any atom is -0.495 e. The molecular weight excluding hydrogens is 556 g/mol. The highest BCUT2D eigenvalue weighted by molar-refractivity contribution is 7.99. The van der Waals surface area contributed by atoms with Gasteiger partial charge in [0.15, 0.2) is 0 Å². The Hall–Kier alpha value is -3.36. The molecule has 6 nitrogen and oxygen atoms in total. The van der Waals surface area contributed by atoms with Crippen molar-refractivity contribution in [1.82, 2.24) is 9.47 Å². The van der Waals surface area contributed by atoms with Crippen LogP contribution in [0.2, 0.25) is 0 Å². The molecule has 41 heavy (non-hydrogen) atoms. The van der Waals surface area contributed by atoms with Crippen molar-refractivity contribution in [2.24, 2.45) is 0 Å². The van der Waals surface area contributed by atoms with Gasteiger partial charge in [-0.2, -0.15) is 13.2 Å². The van der Waals surface area contributed by atoms with Gasteiger partial charge in [-0.05, 0) is 91.1 Å². The Kier molecular flexibility index (Phi) is 9.14. The average Bonchev–Trinajstić information content (AvgIpc) is 3.23. The normalized spacial score (nSPS) is 20.8. The summed E-state index contributed by atoms with van der Waals surface area (Å²) in [5, 5.41) is 6.92. The average molecular weight is 593 g/mol. The van der Waals surface area contributed by atoms with Crippen LogP contribution in [0, 0.1) is 11.8 Å². The van der Waals surface area contributed by atoms with E-state index in [4.69, 9.17) is 4.74 Å². The van der Waals surface area contributed by atoms with Crippen LogP contribution in [0.4, 0.5) is 28.9 Å². The summed E-state index contributed by atoms with van der Waals surface area (Å²) in [5.74, 6) is 9.90. The molecule has 1 aliphatic carbocycles. The number of aromatic nitrogens is 1. The van der Waals surface area contributed by atoms with Crippen molar-refractivity contribution in [1.29, 1.82) is 0 Å². The van der Waals surface area contributed by atoms with Gasteiger partial charge in [-0.25, -0.2) is 4.39 Å². The lowest BCUT2D eigenvalue weighted by atomic mass is 9.88. The highest BCUT2D eigenvalue weighted by atomic mass is 32.2. The van der Waals surface area contributed by atoms with Crippen LogP contribution in [0.1, 0.15) is 25.0 Å². The first-order chi connectivity index (χ1) is 19.3. The molecule has 2 unspecified atom stereocenters. The van der Waals surface area contributed by atoms with Gasteiger partial charge in [-0.15, -0.1) is 0 Å². The monoisotopic (exact) mass is 592 g/mol. The van der Waals surface area contributed by atoms with Gasteiger partial charge in [0.1, 0.15) is 18.5 Å². The van der Waals surface area contributed by atoms with Gasteiger partial charge >= 0.3 is 6.18 Å². The molecule has 1 fully saturated rings. The summed E-state index contributed by atoms with van der Waals surface area (Å²) in [6.07, 6.45) is -2.14. The Bertz CT molecular complexity index is 1550. The highest BCUT2D eigenvalue weighted by Gasteiger charge is 2.33. The summed E-state index contributed by atoms with van der Waals surface area (Å²) in [6.45, 7) is -1.08. The van der Waals surface area contributed by atoms with Crippen LogP contribution in [0.3, 0.4) is 0 Å². The van der Waals surface area contributed by atoms with Crippen LogP contribution >= 0.6 is 0 Å². The number of nitrogens with one attached hydrogen (secondary N) is 2.